The molecule has 1 aliphatic heterocycles. The number of nitrogens with zero attached hydrogens (tertiary/aromatic N) is 2. The number of para-hydroxylation sites is 1. The molecule has 37 heavy (non-hydrogen) atoms. The molecule has 6 nitrogen and oxygen atoms in total. The summed E-state index contributed by atoms with van der Waals surface area (Å²) in [6, 6.07) is 14.9. The molecule has 2 amide bonds. The molecule has 1 aromatic heterocycles. The van der Waals surface area contributed by atoms with Gasteiger partial charge in [-0.1, -0.05) is 32.4 Å². The maximum atomic E-state index is 14.2. The van der Waals surface area contributed by atoms with E-state index < -0.39 is 5.82 Å². The number of ether oxygens (including phenoxy) is 2. The van der Waals surface area contributed by atoms with E-state index in [2.05, 4.69) is 13.8 Å². The summed E-state index contributed by atoms with van der Waals surface area (Å²) in [5, 5.41) is 2.01. The molecule has 0 radical (unpaired) electrons. The molecule has 3 aromatic rings. The molecule has 2 aromatic carbocycles. The average Bonchev–Trinajstić information content (AvgIpc) is 3.41. The highest BCUT2D eigenvalue weighted by atomic mass is 32.1. The van der Waals surface area contributed by atoms with Crippen LogP contribution < -0.4 is 9.47 Å². The number of carbonyl (C=O) groups excluding carboxylic acids is 2. The quantitative estimate of drug-likeness (QED) is 0.347. The Morgan fingerprint density at radius 3 is 2.62 bits per heavy atom. The topological polar surface area (TPSA) is 59.1 Å². The lowest BCUT2D eigenvalue weighted by atomic mass is 10.00. The lowest BCUT2D eigenvalue weighted by Crippen LogP contribution is -2.48. The summed E-state index contributed by atoms with van der Waals surface area (Å²) < 4.78 is 25.3. The largest absolute Gasteiger partial charge is 0.497 e. The Morgan fingerprint density at radius 2 is 1.92 bits per heavy atom. The number of halogens is 1. The van der Waals surface area contributed by atoms with E-state index in [4.69, 9.17) is 9.47 Å². The van der Waals surface area contributed by atoms with E-state index in [1.165, 1.54) is 10.9 Å². The molecule has 4 rings (SSSR count). The Kier molecular flexibility index (Phi) is 8.82. The molecule has 0 spiro atoms. The number of rotatable bonds is 10. The molecule has 2 heterocycles. The van der Waals surface area contributed by atoms with E-state index in [-0.39, 0.29) is 42.7 Å². The van der Waals surface area contributed by atoms with Crippen molar-refractivity contribution in [3.63, 3.8) is 0 Å². The molecule has 196 valence electrons. The third kappa shape index (κ3) is 6.31. The monoisotopic (exact) mass is 524 g/mol. The highest BCUT2D eigenvalue weighted by molar-refractivity contribution is 7.10. The summed E-state index contributed by atoms with van der Waals surface area (Å²) >= 11 is 1.66. The van der Waals surface area contributed by atoms with Gasteiger partial charge in [-0.2, -0.15) is 0 Å². The number of thiophene rings is 1. The molecule has 8 heteroatoms. The van der Waals surface area contributed by atoms with Crippen molar-refractivity contribution in [1.82, 2.24) is 9.80 Å². The summed E-state index contributed by atoms with van der Waals surface area (Å²) in [7, 11) is 1.58. The molecule has 0 aliphatic carbocycles. The minimum Gasteiger partial charge on any atom is -0.497 e. The smallest absolute Gasteiger partial charge is 0.254 e. The summed E-state index contributed by atoms with van der Waals surface area (Å²) in [5.41, 5.74) is 1.53. The van der Waals surface area contributed by atoms with Crippen molar-refractivity contribution < 1.29 is 23.5 Å². The second-order valence-corrected chi connectivity index (χ2v) is 10.3. The van der Waals surface area contributed by atoms with Crippen LogP contribution in [0.5, 0.6) is 11.5 Å². The van der Waals surface area contributed by atoms with Crippen LogP contribution >= 0.6 is 11.3 Å². The SMILES string of the molecule is CCC(C)CN(CC(=O)N1CCc2sccc2C1COc1ccccc1F)C(=O)c1ccc(OC)cc1. The Morgan fingerprint density at radius 1 is 1.16 bits per heavy atom. The van der Waals surface area contributed by atoms with Crippen LogP contribution in [-0.2, 0) is 11.2 Å². The predicted molar refractivity (Wildman–Crippen MR) is 143 cm³/mol. The van der Waals surface area contributed by atoms with Gasteiger partial charge >= 0.3 is 0 Å². The molecular formula is C29H33FN2O4S. The van der Waals surface area contributed by atoms with Crippen LogP contribution in [0.25, 0.3) is 0 Å². The average molecular weight is 525 g/mol. The van der Waals surface area contributed by atoms with E-state index in [1.54, 1.807) is 70.7 Å². The van der Waals surface area contributed by atoms with Gasteiger partial charge in [0.1, 0.15) is 18.9 Å². The number of hydrogen-bond donors (Lipinski definition) is 0. The fourth-order valence-electron chi connectivity index (χ4n) is 4.50. The first kappa shape index (κ1) is 26.7. The molecule has 2 unspecified atom stereocenters. The van der Waals surface area contributed by atoms with Gasteiger partial charge in [0.2, 0.25) is 5.91 Å². The van der Waals surface area contributed by atoms with Gasteiger partial charge < -0.3 is 19.3 Å². The van der Waals surface area contributed by atoms with E-state index in [1.807, 2.05) is 11.4 Å². The first-order valence-corrected chi connectivity index (χ1v) is 13.5. The zero-order chi connectivity index (χ0) is 26.4. The number of benzene rings is 2. The first-order valence-electron chi connectivity index (χ1n) is 12.6. The number of methoxy groups -OCH3 is 1. The van der Waals surface area contributed by atoms with E-state index in [9.17, 15) is 14.0 Å². The van der Waals surface area contributed by atoms with Gasteiger partial charge in [-0.3, -0.25) is 9.59 Å². The molecule has 0 saturated carbocycles. The number of amides is 2. The minimum absolute atomic E-state index is 0.0368. The van der Waals surface area contributed by atoms with Crippen molar-refractivity contribution >= 4 is 23.2 Å². The minimum atomic E-state index is -0.438. The summed E-state index contributed by atoms with van der Waals surface area (Å²) in [4.78, 5) is 31.8. The van der Waals surface area contributed by atoms with Crippen LogP contribution in [-0.4, -0.2) is 55.0 Å². The molecule has 0 bridgehead atoms. The number of fused-ring (bicyclic) bond motifs is 1. The van der Waals surface area contributed by atoms with Crippen molar-refractivity contribution in [2.45, 2.75) is 32.7 Å². The Labute approximate surface area is 221 Å². The fraction of sp³-hybridized carbons (Fsp3) is 0.379. The van der Waals surface area contributed by atoms with Crippen LogP contribution in [0, 0.1) is 11.7 Å². The summed E-state index contributed by atoms with van der Waals surface area (Å²) in [6.07, 6.45) is 1.63. The van der Waals surface area contributed by atoms with Gasteiger partial charge in [0.25, 0.3) is 5.91 Å². The zero-order valence-electron chi connectivity index (χ0n) is 21.5. The lowest BCUT2D eigenvalue weighted by molar-refractivity contribution is -0.135. The molecular weight excluding hydrogens is 491 g/mol. The van der Waals surface area contributed by atoms with Crippen LogP contribution in [0.15, 0.2) is 60.0 Å². The Hall–Kier alpha value is -3.39. The number of hydrogen-bond acceptors (Lipinski definition) is 5. The van der Waals surface area contributed by atoms with Gasteiger partial charge in [-0.25, -0.2) is 4.39 Å². The second kappa shape index (κ2) is 12.2. The Balaban J connectivity index is 1.54. The summed E-state index contributed by atoms with van der Waals surface area (Å²) in [6.45, 7) is 5.23. The Bertz CT molecular complexity index is 1210. The third-order valence-electron chi connectivity index (χ3n) is 6.83. The van der Waals surface area contributed by atoms with Crippen molar-refractivity contribution in [2.24, 2.45) is 5.92 Å². The predicted octanol–water partition coefficient (Wildman–Crippen LogP) is 5.59. The van der Waals surface area contributed by atoms with Crippen LogP contribution in [0.4, 0.5) is 4.39 Å². The highest BCUT2D eigenvalue weighted by Crippen LogP contribution is 2.34. The molecule has 0 fully saturated rings. The van der Waals surface area contributed by atoms with Crippen LogP contribution in [0.1, 0.15) is 47.1 Å². The highest BCUT2D eigenvalue weighted by Gasteiger charge is 2.34. The van der Waals surface area contributed by atoms with Crippen LogP contribution in [0.3, 0.4) is 0 Å². The standard InChI is InChI=1S/C29H33FN2O4S/c1-4-20(2)17-31(29(34)21-9-11-22(35-3)12-10-21)18-28(33)32-15-13-27-23(14-16-37-27)25(32)19-36-26-8-6-5-7-24(26)30/h5-12,14,16,20,25H,4,13,15,17-19H2,1-3H3. The van der Waals surface area contributed by atoms with Crippen LogP contribution in [0.2, 0.25) is 0 Å². The van der Waals surface area contributed by atoms with Crippen molar-refractivity contribution in [3.8, 4) is 11.5 Å². The van der Waals surface area contributed by atoms with Gasteiger partial charge in [0.05, 0.1) is 13.2 Å². The van der Waals surface area contributed by atoms with Gasteiger partial charge in [-0.05, 0) is 65.7 Å². The van der Waals surface area contributed by atoms with Gasteiger partial charge in [-0.15, -0.1) is 11.3 Å². The van der Waals surface area contributed by atoms with E-state index >= 15 is 0 Å². The van der Waals surface area contributed by atoms with Crippen molar-refractivity contribution in [2.75, 3.05) is 33.4 Å². The van der Waals surface area contributed by atoms with Gasteiger partial charge in [0.15, 0.2) is 11.6 Å². The molecule has 0 N–H and O–H groups in total. The second-order valence-electron chi connectivity index (χ2n) is 9.32. The lowest BCUT2D eigenvalue weighted by Gasteiger charge is -2.37. The third-order valence-corrected chi connectivity index (χ3v) is 7.82. The summed E-state index contributed by atoms with van der Waals surface area (Å²) in [5.74, 6) is 0.281. The van der Waals surface area contributed by atoms with Crippen molar-refractivity contribution in [1.29, 1.82) is 0 Å². The van der Waals surface area contributed by atoms with E-state index in [0.717, 1.165) is 18.4 Å². The molecule has 1 aliphatic rings. The number of carbonyl (C=O) groups is 2. The normalized spacial score (nSPS) is 15.6. The fourth-order valence-corrected chi connectivity index (χ4v) is 5.43. The van der Waals surface area contributed by atoms with E-state index in [0.29, 0.717) is 24.4 Å². The molecule has 2 atom stereocenters. The maximum Gasteiger partial charge on any atom is 0.254 e. The molecule has 0 saturated heterocycles. The zero-order valence-corrected chi connectivity index (χ0v) is 22.3. The van der Waals surface area contributed by atoms with Crippen molar-refractivity contribution in [3.05, 3.63) is 81.8 Å². The first-order chi connectivity index (χ1) is 17.9. The maximum absolute atomic E-state index is 14.2. The van der Waals surface area contributed by atoms with Gasteiger partial charge in [0, 0.05) is 23.5 Å².